The summed E-state index contributed by atoms with van der Waals surface area (Å²) in [5.41, 5.74) is 2.05. The van der Waals surface area contributed by atoms with Crippen LogP contribution in [0.5, 0.6) is 0 Å². The van der Waals surface area contributed by atoms with E-state index in [4.69, 9.17) is 0 Å². The van der Waals surface area contributed by atoms with E-state index in [2.05, 4.69) is 20.5 Å². The SMILES string of the molecule is Cc1ccc(Nc2nncc(N(C)C3CCS(=O)(=O)C3)n2)cc1. The van der Waals surface area contributed by atoms with Gasteiger partial charge in [0.25, 0.3) is 0 Å². The number of hydrogen-bond donors (Lipinski definition) is 1. The van der Waals surface area contributed by atoms with Gasteiger partial charge in [-0.15, -0.1) is 5.10 Å². The molecule has 0 saturated carbocycles. The van der Waals surface area contributed by atoms with E-state index >= 15 is 0 Å². The standard InChI is InChI=1S/C15H19N5O2S/c1-11-3-5-12(6-4-11)17-15-18-14(9-16-19-15)20(2)13-7-8-23(21,22)10-13/h3-6,9,13H,7-8,10H2,1-2H3,(H,17,18,19). The normalized spacial score (nSPS) is 19.5. The Balaban J connectivity index is 1.75. The Morgan fingerprint density at radius 2 is 2.00 bits per heavy atom. The van der Waals surface area contributed by atoms with Gasteiger partial charge in [0.15, 0.2) is 15.7 Å². The van der Waals surface area contributed by atoms with Crippen molar-refractivity contribution in [3.63, 3.8) is 0 Å². The molecule has 1 aromatic heterocycles. The van der Waals surface area contributed by atoms with E-state index in [1.165, 1.54) is 5.56 Å². The Morgan fingerprint density at radius 1 is 1.26 bits per heavy atom. The molecule has 1 aliphatic rings. The zero-order valence-corrected chi connectivity index (χ0v) is 13.9. The van der Waals surface area contributed by atoms with Crippen molar-refractivity contribution in [1.82, 2.24) is 15.2 Å². The van der Waals surface area contributed by atoms with Crippen LogP contribution in [0.2, 0.25) is 0 Å². The van der Waals surface area contributed by atoms with E-state index in [0.29, 0.717) is 18.2 Å². The summed E-state index contributed by atoms with van der Waals surface area (Å²) in [4.78, 5) is 6.29. The van der Waals surface area contributed by atoms with Crippen molar-refractivity contribution in [2.75, 3.05) is 28.8 Å². The molecule has 1 aliphatic heterocycles. The van der Waals surface area contributed by atoms with E-state index in [1.54, 1.807) is 6.20 Å². The molecule has 1 fully saturated rings. The molecule has 1 unspecified atom stereocenters. The second kappa shape index (κ2) is 6.11. The summed E-state index contributed by atoms with van der Waals surface area (Å²) >= 11 is 0. The van der Waals surface area contributed by atoms with Gasteiger partial charge in [-0.25, -0.2) is 8.42 Å². The van der Waals surface area contributed by atoms with Crippen LogP contribution in [0, 0.1) is 6.92 Å². The number of aromatic nitrogens is 3. The van der Waals surface area contributed by atoms with Gasteiger partial charge in [0.05, 0.1) is 17.7 Å². The second-order valence-electron chi connectivity index (χ2n) is 5.80. The molecule has 3 rings (SSSR count). The maximum atomic E-state index is 11.6. The van der Waals surface area contributed by atoms with E-state index < -0.39 is 9.84 Å². The Labute approximate surface area is 135 Å². The number of nitrogens with one attached hydrogen (secondary N) is 1. The first-order valence-corrected chi connectivity index (χ1v) is 9.22. The lowest BCUT2D eigenvalue weighted by Gasteiger charge is -2.24. The fraction of sp³-hybridized carbons (Fsp3) is 0.400. The average Bonchev–Trinajstić information content (AvgIpc) is 2.89. The lowest BCUT2D eigenvalue weighted by molar-refractivity contribution is 0.600. The van der Waals surface area contributed by atoms with Gasteiger partial charge in [0.2, 0.25) is 5.95 Å². The molecule has 0 bridgehead atoms. The molecule has 0 spiro atoms. The summed E-state index contributed by atoms with van der Waals surface area (Å²) in [7, 11) is -1.09. The summed E-state index contributed by atoms with van der Waals surface area (Å²) in [5.74, 6) is 1.39. The van der Waals surface area contributed by atoms with Crippen LogP contribution in [0.1, 0.15) is 12.0 Å². The fourth-order valence-corrected chi connectivity index (χ4v) is 4.33. The zero-order valence-electron chi connectivity index (χ0n) is 13.1. The monoisotopic (exact) mass is 333 g/mol. The molecule has 0 aliphatic carbocycles. The van der Waals surface area contributed by atoms with Crippen LogP contribution in [0.4, 0.5) is 17.5 Å². The summed E-state index contributed by atoms with van der Waals surface area (Å²) < 4.78 is 23.2. The topological polar surface area (TPSA) is 88.1 Å². The van der Waals surface area contributed by atoms with Gasteiger partial charge < -0.3 is 10.2 Å². The first-order valence-electron chi connectivity index (χ1n) is 7.40. The van der Waals surface area contributed by atoms with Crippen molar-refractivity contribution in [2.45, 2.75) is 19.4 Å². The van der Waals surface area contributed by atoms with Crippen LogP contribution < -0.4 is 10.2 Å². The summed E-state index contributed by atoms with van der Waals surface area (Å²) in [6.07, 6.45) is 2.16. The minimum absolute atomic E-state index is 0.0658. The van der Waals surface area contributed by atoms with Crippen LogP contribution in [0.15, 0.2) is 30.5 Å². The summed E-state index contributed by atoms with van der Waals surface area (Å²) in [5, 5.41) is 11.0. The Kier molecular flexibility index (Phi) is 4.16. The lowest BCUT2D eigenvalue weighted by Crippen LogP contribution is -2.33. The average molecular weight is 333 g/mol. The van der Waals surface area contributed by atoms with E-state index in [-0.39, 0.29) is 17.5 Å². The number of rotatable bonds is 4. The van der Waals surface area contributed by atoms with Gasteiger partial charge in [0.1, 0.15) is 0 Å². The highest BCUT2D eigenvalue weighted by Gasteiger charge is 2.31. The Bertz CT molecular complexity index is 792. The van der Waals surface area contributed by atoms with E-state index in [0.717, 1.165) is 5.69 Å². The van der Waals surface area contributed by atoms with Crippen molar-refractivity contribution in [3.05, 3.63) is 36.0 Å². The first kappa shape index (κ1) is 15.7. The first-order chi connectivity index (χ1) is 10.9. The van der Waals surface area contributed by atoms with Gasteiger partial charge in [0, 0.05) is 18.8 Å². The van der Waals surface area contributed by atoms with E-state index in [9.17, 15) is 8.42 Å². The molecule has 23 heavy (non-hydrogen) atoms. The largest absolute Gasteiger partial charge is 0.354 e. The van der Waals surface area contributed by atoms with Gasteiger partial charge in [-0.05, 0) is 25.5 Å². The predicted molar refractivity (Wildman–Crippen MR) is 89.8 cm³/mol. The predicted octanol–water partition coefficient (Wildman–Crippen LogP) is 1.55. The molecule has 7 nitrogen and oxygen atoms in total. The van der Waals surface area contributed by atoms with Gasteiger partial charge in [-0.3, -0.25) is 0 Å². The minimum Gasteiger partial charge on any atom is -0.354 e. The molecule has 1 atom stereocenters. The van der Waals surface area contributed by atoms with Crippen molar-refractivity contribution in [3.8, 4) is 0 Å². The number of anilines is 3. The number of hydrogen-bond acceptors (Lipinski definition) is 7. The van der Waals surface area contributed by atoms with Crippen molar-refractivity contribution < 1.29 is 8.42 Å². The van der Waals surface area contributed by atoms with E-state index in [1.807, 2.05) is 43.1 Å². The molecule has 122 valence electrons. The number of nitrogens with zero attached hydrogens (tertiary/aromatic N) is 4. The minimum atomic E-state index is -2.93. The molecule has 1 saturated heterocycles. The Morgan fingerprint density at radius 3 is 2.65 bits per heavy atom. The number of benzene rings is 1. The smallest absolute Gasteiger partial charge is 0.249 e. The molecular weight excluding hydrogens is 314 g/mol. The molecule has 1 N–H and O–H groups in total. The van der Waals surface area contributed by atoms with Crippen molar-refractivity contribution in [1.29, 1.82) is 0 Å². The van der Waals surface area contributed by atoms with Crippen LogP contribution in [-0.4, -0.2) is 48.2 Å². The Hall–Kier alpha value is -2.22. The molecular formula is C15H19N5O2S. The van der Waals surface area contributed by atoms with Crippen LogP contribution in [0.25, 0.3) is 0 Å². The quantitative estimate of drug-likeness (QED) is 0.908. The third-order valence-electron chi connectivity index (χ3n) is 3.97. The molecule has 2 heterocycles. The summed E-state index contributed by atoms with van der Waals surface area (Å²) in [6.45, 7) is 2.02. The van der Waals surface area contributed by atoms with Gasteiger partial charge >= 0.3 is 0 Å². The third kappa shape index (κ3) is 3.76. The van der Waals surface area contributed by atoms with Gasteiger partial charge in [-0.2, -0.15) is 10.1 Å². The zero-order chi connectivity index (χ0) is 16.4. The number of sulfone groups is 1. The highest BCUT2D eigenvalue weighted by atomic mass is 32.2. The molecule has 1 aromatic carbocycles. The molecule has 2 aromatic rings. The van der Waals surface area contributed by atoms with Crippen molar-refractivity contribution >= 4 is 27.3 Å². The fourth-order valence-electron chi connectivity index (χ4n) is 2.55. The van der Waals surface area contributed by atoms with Crippen molar-refractivity contribution in [2.24, 2.45) is 0 Å². The number of aryl methyl sites for hydroxylation is 1. The maximum Gasteiger partial charge on any atom is 0.249 e. The van der Waals surface area contributed by atoms with Crippen LogP contribution in [-0.2, 0) is 9.84 Å². The van der Waals surface area contributed by atoms with Crippen LogP contribution >= 0.6 is 0 Å². The maximum absolute atomic E-state index is 11.6. The highest BCUT2D eigenvalue weighted by Crippen LogP contribution is 2.22. The third-order valence-corrected chi connectivity index (χ3v) is 5.72. The lowest BCUT2D eigenvalue weighted by atomic mass is 10.2. The second-order valence-corrected chi connectivity index (χ2v) is 8.03. The molecule has 8 heteroatoms. The molecule has 0 radical (unpaired) electrons. The van der Waals surface area contributed by atoms with Crippen LogP contribution in [0.3, 0.4) is 0 Å². The summed E-state index contributed by atoms with van der Waals surface area (Å²) in [6, 6.07) is 7.81. The molecule has 0 amide bonds. The highest BCUT2D eigenvalue weighted by molar-refractivity contribution is 7.91. The van der Waals surface area contributed by atoms with Gasteiger partial charge in [-0.1, -0.05) is 17.7 Å².